The van der Waals surface area contributed by atoms with Gasteiger partial charge in [-0.1, -0.05) is 43.3 Å². The second kappa shape index (κ2) is 4.73. The Hall–Kier alpha value is -2.35. The van der Waals surface area contributed by atoms with Crippen molar-refractivity contribution in [3.8, 4) is 5.69 Å². The number of pyridine rings is 1. The molecule has 0 saturated carbocycles. The summed E-state index contributed by atoms with van der Waals surface area (Å²) in [5, 5.41) is 1.15. The van der Waals surface area contributed by atoms with Crippen LogP contribution in [0.15, 0.2) is 65.5 Å². The van der Waals surface area contributed by atoms with Crippen molar-refractivity contribution in [3.63, 3.8) is 0 Å². The molecule has 0 fully saturated rings. The van der Waals surface area contributed by atoms with Crippen LogP contribution in [-0.4, -0.2) is 4.57 Å². The largest absolute Gasteiger partial charge is 0.277 e. The zero-order chi connectivity index (χ0) is 13.2. The fourth-order valence-corrected chi connectivity index (χ4v) is 2.49. The minimum atomic E-state index is 0.0294. The highest BCUT2D eigenvalue weighted by Crippen LogP contribution is 2.20. The maximum Gasteiger partial charge on any atom is 0.255 e. The van der Waals surface area contributed by atoms with Crippen molar-refractivity contribution in [2.45, 2.75) is 13.3 Å². The maximum absolute atomic E-state index is 12.4. The van der Waals surface area contributed by atoms with Crippen LogP contribution in [0.3, 0.4) is 0 Å². The summed E-state index contributed by atoms with van der Waals surface area (Å²) in [6.45, 7) is 2.08. The molecule has 0 bridgehead atoms. The third-order valence-corrected chi connectivity index (χ3v) is 3.40. The van der Waals surface area contributed by atoms with Gasteiger partial charge in [-0.15, -0.1) is 0 Å². The van der Waals surface area contributed by atoms with Crippen molar-refractivity contribution < 1.29 is 0 Å². The molecule has 94 valence electrons. The number of hydrogen-bond donors (Lipinski definition) is 0. The van der Waals surface area contributed by atoms with Gasteiger partial charge in [0.1, 0.15) is 0 Å². The molecular weight excluding hydrogens is 234 g/mol. The van der Waals surface area contributed by atoms with Gasteiger partial charge in [-0.25, -0.2) is 0 Å². The molecule has 1 aromatic heterocycles. The molecule has 0 aliphatic heterocycles. The van der Waals surface area contributed by atoms with Crippen LogP contribution in [0.1, 0.15) is 12.5 Å². The lowest BCUT2D eigenvalue weighted by atomic mass is 10.1. The Labute approximate surface area is 111 Å². The van der Waals surface area contributed by atoms with Gasteiger partial charge in [0.2, 0.25) is 0 Å². The summed E-state index contributed by atoms with van der Waals surface area (Å²) in [7, 11) is 0. The maximum atomic E-state index is 12.4. The highest BCUT2D eigenvalue weighted by Gasteiger charge is 2.08. The van der Waals surface area contributed by atoms with Crippen LogP contribution in [0.4, 0.5) is 0 Å². The fraction of sp³-hybridized carbons (Fsp3) is 0.118. The van der Waals surface area contributed by atoms with Crippen LogP contribution in [0.25, 0.3) is 16.6 Å². The Bertz CT molecular complexity index is 772. The predicted octanol–water partition coefficient (Wildman–Crippen LogP) is 3.55. The molecule has 0 saturated heterocycles. The van der Waals surface area contributed by atoms with Crippen LogP contribution in [0.2, 0.25) is 0 Å². The molecule has 19 heavy (non-hydrogen) atoms. The average molecular weight is 249 g/mol. The Morgan fingerprint density at radius 2 is 1.63 bits per heavy atom. The molecule has 0 aliphatic rings. The number of benzene rings is 2. The Morgan fingerprint density at radius 3 is 2.37 bits per heavy atom. The van der Waals surface area contributed by atoms with Gasteiger partial charge in [0.25, 0.3) is 5.56 Å². The number of para-hydroxylation sites is 2. The van der Waals surface area contributed by atoms with E-state index in [1.165, 1.54) is 0 Å². The monoisotopic (exact) mass is 249 g/mol. The van der Waals surface area contributed by atoms with Crippen molar-refractivity contribution in [1.29, 1.82) is 0 Å². The molecule has 0 amide bonds. The first-order valence-corrected chi connectivity index (χ1v) is 6.50. The van der Waals surface area contributed by atoms with Crippen LogP contribution in [0, 0.1) is 0 Å². The molecule has 2 nitrogen and oxygen atoms in total. The SMILES string of the molecule is CCc1cc(=O)n(-c2ccccc2)c2ccccc12. The standard InChI is InChI=1S/C17H15NO/c1-2-13-12-17(19)18(14-8-4-3-5-9-14)16-11-7-6-10-15(13)16/h3-12H,2H2,1H3. The van der Waals surface area contributed by atoms with Gasteiger partial charge in [-0.3, -0.25) is 9.36 Å². The van der Waals surface area contributed by atoms with Gasteiger partial charge < -0.3 is 0 Å². The quantitative estimate of drug-likeness (QED) is 0.680. The van der Waals surface area contributed by atoms with Crippen LogP contribution in [-0.2, 0) is 6.42 Å². The lowest BCUT2D eigenvalue weighted by molar-refractivity contribution is 1.02. The Kier molecular flexibility index (Phi) is 2.92. The zero-order valence-electron chi connectivity index (χ0n) is 10.8. The van der Waals surface area contributed by atoms with E-state index in [1.54, 1.807) is 10.6 Å². The van der Waals surface area contributed by atoms with Crippen molar-refractivity contribution in [2.75, 3.05) is 0 Å². The molecule has 0 atom stereocenters. The summed E-state index contributed by atoms with van der Waals surface area (Å²) in [4.78, 5) is 12.4. The Morgan fingerprint density at radius 1 is 0.947 bits per heavy atom. The highest BCUT2D eigenvalue weighted by atomic mass is 16.1. The fourth-order valence-electron chi connectivity index (χ4n) is 2.49. The van der Waals surface area contributed by atoms with E-state index in [0.717, 1.165) is 28.6 Å². The van der Waals surface area contributed by atoms with Gasteiger partial charge in [0.15, 0.2) is 0 Å². The number of fused-ring (bicyclic) bond motifs is 1. The highest BCUT2D eigenvalue weighted by molar-refractivity contribution is 5.84. The first kappa shape index (κ1) is 11.7. The van der Waals surface area contributed by atoms with Crippen LogP contribution >= 0.6 is 0 Å². The van der Waals surface area contributed by atoms with Crippen molar-refractivity contribution in [1.82, 2.24) is 4.57 Å². The molecule has 0 aliphatic carbocycles. The lowest BCUT2D eigenvalue weighted by Crippen LogP contribution is -2.18. The van der Waals surface area contributed by atoms with E-state index < -0.39 is 0 Å². The molecule has 0 unspecified atom stereocenters. The zero-order valence-corrected chi connectivity index (χ0v) is 10.8. The predicted molar refractivity (Wildman–Crippen MR) is 78.9 cm³/mol. The first-order chi connectivity index (χ1) is 9.31. The van der Waals surface area contributed by atoms with E-state index >= 15 is 0 Å². The van der Waals surface area contributed by atoms with Crippen molar-refractivity contribution in [2.24, 2.45) is 0 Å². The summed E-state index contributed by atoms with van der Waals surface area (Å²) in [6.07, 6.45) is 0.866. The first-order valence-electron chi connectivity index (χ1n) is 6.50. The second-order valence-electron chi connectivity index (χ2n) is 4.55. The van der Waals surface area contributed by atoms with Gasteiger partial charge in [-0.2, -0.15) is 0 Å². The summed E-state index contributed by atoms with van der Waals surface area (Å²) in [5.41, 5.74) is 3.01. The molecule has 1 heterocycles. The normalized spacial score (nSPS) is 10.8. The van der Waals surface area contributed by atoms with Gasteiger partial charge in [0, 0.05) is 17.1 Å². The molecule has 0 radical (unpaired) electrons. The number of aryl methyl sites for hydroxylation is 1. The van der Waals surface area contributed by atoms with E-state index in [9.17, 15) is 4.79 Å². The summed E-state index contributed by atoms with van der Waals surface area (Å²) in [6, 6.07) is 19.6. The number of nitrogens with zero attached hydrogens (tertiary/aromatic N) is 1. The van der Waals surface area contributed by atoms with E-state index in [-0.39, 0.29) is 5.56 Å². The van der Waals surface area contributed by atoms with E-state index in [1.807, 2.05) is 48.5 Å². The van der Waals surface area contributed by atoms with Crippen molar-refractivity contribution >= 4 is 10.9 Å². The molecule has 3 rings (SSSR count). The Balaban J connectivity index is 2.43. The molecule has 2 aromatic carbocycles. The summed E-state index contributed by atoms with van der Waals surface area (Å²) in [5.74, 6) is 0. The van der Waals surface area contributed by atoms with E-state index in [4.69, 9.17) is 0 Å². The van der Waals surface area contributed by atoms with E-state index in [0.29, 0.717) is 0 Å². The number of rotatable bonds is 2. The van der Waals surface area contributed by atoms with Gasteiger partial charge in [0.05, 0.1) is 5.52 Å². The van der Waals surface area contributed by atoms with Crippen molar-refractivity contribution in [3.05, 3.63) is 76.6 Å². The van der Waals surface area contributed by atoms with Crippen LogP contribution < -0.4 is 5.56 Å². The van der Waals surface area contributed by atoms with Gasteiger partial charge in [-0.05, 0) is 30.2 Å². The molecular formula is C17H15NO. The summed E-state index contributed by atoms with van der Waals surface area (Å²) < 4.78 is 1.77. The third kappa shape index (κ3) is 1.95. The molecule has 0 spiro atoms. The average Bonchev–Trinajstić information content (AvgIpc) is 2.47. The number of hydrogen-bond acceptors (Lipinski definition) is 1. The van der Waals surface area contributed by atoms with Crippen LogP contribution in [0.5, 0.6) is 0 Å². The van der Waals surface area contributed by atoms with E-state index in [2.05, 4.69) is 13.0 Å². The van der Waals surface area contributed by atoms with Gasteiger partial charge >= 0.3 is 0 Å². The minimum absolute atomic E-state index is 0.0294. The lowest BCUT2D eigenvalue weighted by Gasteiger charge is -2.12. The second-order valence-corrected chi connectivity index (χ2v) is 4.55. The third-order valence-electron chi connectivity index (χ3n) is 3.40. The molecule has 3 aromatic rings. The molecule has 2 heteroatoms. The minimum Gasteiger partial charge on any atom is -0.277 e. The summed E-state index contributed by atoms with van der Waals surface area (Å²) >= 11 is 0. The smallest absolute Gasteiger partial charge is 0.255 e. The topological polar surface area (TPSA) is 22.0 Å². The number of aromatic nitrogens is 1. The molecule has 0 N–H and O–H groups in total.